The Morgan fingerprint density at radius 3 is 2.65 bits per heavy atom. The average Bonchev–Trinajstić information content (AvgIpc) is 2.35. The lowest BCUT2D eigenvalue weighted by Gasteiger charge is -2.23. The molecule has 0 amide bonds. The first-order valence-electron chi connectivity index (χ1n) is 5.19. The first-order valence-corrected chi connectivity index (χ1v) is 5.19. The average molecular weight is 296 g/mol. The summed E-state index contributed by atoms with van der Waals surface area (Å²) < 4.78 is 37.4. The van der Waals surface area contributed by atoms with Crippen molar-refractivity contribution in [2.24, 2.45) is 5.84 Å². The minimum Gasteiger partial charge on any atom is -0.395 e. The number of nitrogens with two attached hydrogens (primary N) is 1. The SMILES string of the molecule is NNc1ncc([N+](=O)[O-])c(N(CCO)CC(F)(F)F)n1. The minimum absolute atomic E-state index is 0.282. The van der Waals surface area contributed by atoms with Crippen LogP contribution in [-0.2, 0) is 0 Å². The molecule has 0 aliphatic heterocycles. The Hall–Kier alpha value is -2.21. The normalized spacial score (nSPS) is 11.2. The van der Waals surface area contributed by atoms with Gasteiger partial charge in [0.2, 0.25) is 11.8 Å². The monoisotopic (exact) mass is 296 g/mol. The van der Waals surface area contributed by atoms with Crippen LogP contribution in [0, 0.1) is 10.1 Å². The number of nitrogen functional groups attached to an aromatic ring is 1. The summed E-state index contributed by atoms with van der Waals surface area (Å²) in [5, 5.41) is 19.6. The van der Waals surface area contributed by atoms with Crippen molar-refractivity contribution in [2.45, 2.75) is 6.18 Å². The zero-order chi connectivity index (χ0) is 15.3. The number of nitro groups is 1. The molecule has 112 valence electrons. The number of halogens is 3. The van der Waals surface area contributed by atoms with Crippen LogP contribution in [0.25, 0.3) is 0 Å². The number of hydrazine groups is 1. The van der Waals surface area contributed by atoms with Crippen LogP contribution < -0.4 is 16.2 Å². The summed E-state index contributed by atoms with van der Waals surface area (Å²) >= 11 is 0. The van der Waals surface area contributed by atoms with E-state index in [0.717, 1.165) is 6.20 Å². The maximum absolute atomic E-state index is 12.5. The molecule has 0 atom stereocenters. The van der Waals surface area contributed by atoms with E-state index in [1.54, 1.807) is 0 Å². The molecule has 9 nitrogen and oxygen atoms in total. The first kappa shape index (κ1) is 15.8. The van der Waals surface area contributed by atoms with Gasteiger partial charge >= 0.3 is 11.9 Å². The van der Waals surface area contributed by atoms with Gasteiger partial charge in [-0.2, -0.15) is 18.2 Å². The Bertz CT molecular complexity index is 483. The molecule has 0 radical (unpaired) electrons. The van der Waals surface area contributed by atoms with Crippen LogP contribution in [0.5, 0.6) is 0 Å². The Balaban J connectivity index is 3.25. The van der Waals surface area contributed by atoms with E-state index in [9.17, 15) is 23.3 Å². The Labute approximate surface area is 110 Å². The molecular formula is C8H11F3N6O3. The number of aromatic nitrogens is 2. The van der Waals surface area contributed by atoms with Gasteiger partial charge in [0.15, 0.2) is 0 Å². The summed E-state index contributed by atoms with van der Waals surface area (Å²) in [6.07, 6.45) is -3.89. The van der Waals surface area contributed by atoms with Crippen molar-refractivity contribution >= 4 is 17.5 Å². The van der Waals surface area contributed by atoms with Gasteiger partial charge in [-0.25, -0.2) is 10.8 Å². The number of hydrogen-bond donors (Lipinski definition) is 3. The van der Waals surface area contributed by atoms with Crippen molar-refractivity contribution < 1.29 is 23.2 Å². The van der Waals surface area contributed by atoms with Gasteiger partial charge in [0.05, 0.1) is 11.5 Å². The third-order valence-electron chi connectivity index (χ3n) is 2.12. The molecule has 1 aromatic heterocycles. The fourth-order valence-electron chi connectivity index (χ4n) is 1.39. The predicted molar refractivity (Wildman–Crippen MR) is 61.9 cm³/mol. The van der Waals surface area contributed by atoms with Gasteiger partial charge in [0.25, 0.3) is 0 Å². The van der Waals surface area contributed by atoms with E-state index in [1.807, 2.05) is 5.43 Å². The van der Waals surface area contributed by atoms with E-state index in [1.165, 1.54) is 0 Å². The standard InChI is InChI=1S/C8H11F3N6O3/c9-8(10,11)4-16(1-2-18)6-5(17(19)20)3-13-7(14-6)15-12/h3,18H,1-2,4,12H2,(H,13,14,15). The van der Waals surface area contributed by atoms with Crippen molar-refractivity contribution in [1.29, 1.82) is 0 Å². The minimum atomic E-state index is -4.62. The summed E-state index contributed by atoms with van der Waals surface area (Å²) in [5.74, 6) is 4.15. The molecule has 4 N–H and O–H groups in total. The molecule has 0 unspecified atom stereocenters. The smallest absolute Gasteiger partial charge is 0.395 e. The number of rotatable bonds is 6. The number of aliphatic hydroxyl groups is 1. The molecule has 20 heavy (non-hydrogen) atoms. The van der Waals surface area contributed by atoms with Crippen LogP contribution in [0.2, 0.25) is 0 Å². The fraction of sp³-hybridized carbons (Fsp3) is 0.500. The number of nitrogens with one attached hydrogen (secondary N) is 1. The second-order valence-corrected chi connectivity index (χ2v) is 3.56. The number of nitrogens with zero attached hydrogens (tertiary/aromatic N) is 4. The van der Waals surface area contributed by atoms with Crippen LogP contribution in [0.15, 0.2) is 6.20 Å². The van der Waals surface area contributed by atoms with Crippen LogP contribution in [-0.4, -0.2) is 45.9 Å². The van der Waals surface area contributed by atoms with E-state index in [4.69, 9.17) is 10.9 Å². The lowest BCUT2D eigenvalue weighted by Crippen LogP contribution is -2.37. The Morgan fingerprint density at radius 2 is 2.20 bits per heavy atom. The summed E-state index contributed by atoms with van der Waals surface area (Å²) in [7, 11) is 0. The maximum Gasteiger partial charge on any atom is 0.405 e. The second kappa shape index (κ2) is 6.29. The van der Waals surface area contributed by atoms with Crippen molar-refractivity contribution in [3.05, 3.63) is 16.3 Å². The van der Waals surface area contributed by atoms with Crippen molar-refractivity contribution in [1.82, 2.24) is 9.97 Å². The molecule has 0 saturated heterocycles. The molecule has 0 spiro atoms. The quantitative estimate of drug-likeness (QED) is 0.381. The van der Waals surface area contributed by atoms with Crippen LogP contribution in [0.4, 0.5) is 30.6 Å². The Kier molecular flexibility index (Phi) is 4.99. The summed E-state index contributed by atoms with van der Waals surface area (Å²) in [6.45, 7) is -2.63. The molecule has 1 heterocycles. The highest BCUT2D eigenvalue weighted by atomic mass is 19.4. The lowest BCUT2D eigenvalue weighted by molar-refractivity contribution is -0.384. The highest BCUT2D eigenvalue weighted by Crippen LogP contribution is 2.28. The number of hydrogen-bond acceptors (Lipinski definition) is 8. The summed E-state index contributed by atoms with van der Waals surface area (Å²) in [5.41, 5.74) is 1.26. The second-order valence-electron chi connectivity index (χ2n) is 3.56. The van der Waals surface area contributed by atoms with Gasteiger partial charge in [-0.05, 0) is 0 Å². The molecule has 0 aliphatic carbocycles. The molecule has 1 rings (SSSR count). The maximum atomic E-state index is 12.5. The van der Waals surface area contributed by atoms with E-state index in [0.29, 0.717) is 4.90 Å². The van der Waals surface area contributed by atoms with Gasteiger partial charge in [-0.3, -0.25) is 15.5 Å². The Morgan fingerprint density at radius 1 is 1.55 bits per heavy atom. The van der Waals surface area contributed by atoms with E-state index in [2.05, 4.69) is 9.97 Å². The number of alkyl halides is 3. The third-order valence-corrected chi connectivity index (χ3v) is 2.12. The van der Waals surface area contributed by atoms with Gasteiger partial charge in [0.1, 0.15) is 12.7 Å². The molecule has 0 fully saturated rings. The van der Waals surface area contributed by atoms with Crippen LogP contribution >= 0.6 is 0 Å². The molecule has 1 aromatic rings. The van der Waals surface area contributed by atoms with Crippen molar-refractivity contribution in [3.63, 3.8) is 0 Å². The van der Waals surface area contributed by atoms with Gasteiger partial charge in [0, 0.05) is 6.54 Å². The van der Waals surface area contributed by atoms with Crippen molar-refractivity contribution in [2.75, 3.05) is 30.0 Å². The fourth-order valence-corrected chi connectivity index (χ4v) is 1.39. The van der Waals surface area contributed by atoms with E-state index in [-0.39, 0.29) is 5.95 Å². The van der Waals surface area contributed by atoms with Gasteiger partial charge < -0.3 is 10.0 Å². The molecule has 0 bridgehead atoms. The van der Waals surface area contributed by atoms with Crippen LogP contribution in [0.3, 0.4) is 0 Å². The number of aliphatic hydroxyl groups excluding tert-OH is 1. The molecular weight excluding hydrogens is 285 g/mol. The molecule has 0 aromatic carbocycles. The molecule has 12 heteroatoms. The first-order chi connectivity index (χ1) is 9.28. The van der Waals surface area contributed by atoms with Gasteiger partial charge in [-0.15, -0.1) is 0 Å². The third kappa shape index (κ3) is 4.17. The topological polar surface area (TPSA) is 130 Å². The zero-order valence-electron chi connectivity index (χ0n) is 9.96. The zero-order valence-corrected chi connectivity index (χ0v) is 9.96. The van der Waals surface area contributed by atoms with Crippen molar-refractivity contribution in [3.8, 4) is 0 Å². The van der Waals surface area contributed by atoms with E-state index >= 15 is 0 Å². The summed E-state index contributed by atoms with van der Waals surface area (Å²) in [4.78, 5) is 17.4. The summed E-state index contributed by atoms with van der Waals surface area (Å²) in [6, 6.07) is 0. The predicted octanol–water partition coefficient (Wildman–Crippen LogP) is 0.0314. The van der Waals surface area contributed by atoms with E-state index < -0.39 is 42.3 Å². The van der Waals surface area contributed by atoms with Gasteiger partial charge in [-0.1, -0.05) is 0 Å². The lowest BCUT2D eigenvalue weighted by atomic mass is 10.4. The highest BCUT2D eigenvalue weighted by Gasteiger charge is 2.34. The van der Waals surface area contributed by atoms with Crippen LogP contribution in [0.1, 0.15) is 0 Å². The molecule has 0 saturated carbocycles. The highest BCUT2D eigenvalue weighted by molar-refractivity contribution is 5.58. The largest absolute Gasteiger partial charge is 0.405 e. The number of anilines is 2. The molecule has 0 aliphatic rings.